The smallest absolute Gasteiger partial charge is 0.255 e. The largest absolute Gasteiger partial charge is 0.321 e. The minimum absolute atomic E-state index is 0.113. The van der Waals surface area contributed by atoms with Gasteiger partial charge in [0.05, 0.1) is 5.69 Å². The fourth-order valence-electron chi connectivity index (χ4n) is 1.74. The molecule has 21 heavy (non-hydrogen) atoms. The molecule has 0 aliphatic rings. The summed E-state index contributed by atoms with van der Waals surface area (Å²) < 4.78 is 0. The zero-order valence-electron chi connectivity index (χ0n) is 12.6. The van der Waals surface area contributed by atoms with Gasteiger partial charge < -0.3 is 5.32 Å². The Morgan fingerprint density at radius 2 is 1.57 bits per heavy atom. The van der Waals surface area contributed by atoms with Gasteiger partial charge in [-0.05, 0) is 24.3 Å². The molecular formula is C18H19NOSi. The molecule has 0 radical (unpaired) electrons. The van der Waals surface area contributed by atoms with Gasteiger partial charge in [0, 0.05) is 11.1 Å². The summed E-state index contributed by atoms with van der Waals surface area (Å²) in [5.41, 5.74) is 5.60. The lowest BCUT2D eigenvalue weighted by molar-refractivity contribution is 0.102. The van der Waals surface area contributed by atoms with Crippen molar-refractivity contribution in [3.8, 4) is 11.5 Å². The molecule has 1 N–H and O–H groups in total. The Balaban J connectivity index is 2.25. The highest BCUT2D eigenvalue weighted by atomic mass is 28.3. The van der Waals surface area contributed by atoms with Crippen LogP contribution in [0.25, 0.3) is 0 Å². The quantitative estimate of drug-likeness (QED) is 0.653. The lowest BCUT2D eigenvalue weighted by atomic mass is 10.1. The van der Waals surface area contributed by atoms with Crippen LogP contribution in [0.4, 0.5) is 5.69 Å². The number of rotatable bonds is 2. The average Bonchev–Trinajstić information content (AvgIpc) is 2.46. The third-order valence-corrected chi connectivity index (χ3v) is 3.66. The molecule has 0 saturated heterocycles. The van der Waals surface area contributed by atoms with E-state index in [1.165, 1.54) is 0 Å². The highest BCUT2D eigenvalue weighted by Gasteiger charge is 2.10. The molecule has 0 aromatic heterocycles. The minimum Gasteiger partial charge on any atom is -0.321 e. The van der Waals surface area contributed by atoms with E-state index in [2.05, 4.69) is 36.4 Å². The van der Waals surface area contributed by atoms with Gasteiger partial charge in [0.25, 0.3) is 5.91 Å². The monoisotopic (exact) mass is 293 g/mol. The fourth-order valence-corrected chi connectivity index (χ4v) is 2.25. The SMILES string of the molecule is C[Si](C)(C)C#Cc1ccccc1NC(=O)c1ccccc1. The van der Waals surface area contributed by atoms with E-state index in [1.807, 2.05) is 42.5 Å². The van der Waals surface area contributed by atoms with E-state index in [1.54, 1.807) is 12.1 Å². The summed E-state index contributed by atoms with van der Waals surface area (Å²) in [6.07, 6.45) is 0. The first kappa shape index (κ1) is 15.1. The molecule has 0 aliphatic heterocycles. The van der Waals surface area contributed by atoms with Crippen LogP contribution in [0.5, 0.6) is 0 Å². The zero-order chi connectivity index (χ0) is 15.3. The molecule has 0 bridgehead atoms. The number of benzene rings is 2. The molecule has 2 aromatic carbocycles. The summed E-state index contributed by atoms with van der Waals surface area (Å²) in [6, 6.07) is 16.9. The van der Waals surface area contributed by atoms with Crippen LogP contribution in [0, 0.1) is 11.5 Å². The van der Waals surface area contributed by atoms with Crippen molar-refractivity contribution in [3.63, 3.8) is 0 Å². The number of carbonyl (C=O) groups excluding carboxylic acids is 1. The summed E-state index contributed by atoms with van der Waals surface area (Å²) in [7, 11) is -1.44. The molecule has 0 heterocycles. The van der Waals surface area contributed by atoms with Crippen molar-refractivity contribution >= 4 is 19.7 Å². The minimum atomic E-state index is -1.44. The number of anilines is 1. The van der Waals surface area contributed by atoms with Crippen LogP contribution < -0.4 is 5.32 Å². The number of para-hydroxylation sites is 1. The molecule has 3 heteroatoms. The summed E-state index contributed by atoms with van der Waals surface area (Å²) in [5.74, 6) is 3.09. The molecule has 0 atom stereocenters. The van der Waals surface area contributed by atoms with E-state index in [4.69, 9.17) is 0 Å². The van der Waals surface area contributed by atoms with E-state index in [0.29, 0.717) is 5.56 Å². The summed E-state index contributed by atoms with van der Waals surface area (Å²) in [5, 5.41) is 2.94. The first-order valence-electron chi connectivity index (χ1n) is 6.94. The van der Waals surface area contributed by atoms with Gasteiger partial charge in [-0.15, -0.1) is 5.54 Å². The van der Waals surface area contributed by atoms with Crippen molar-refractivity contribution < 1.29 is 4.79 Å². The van der Waals surface area contributed by atoms with E-state index in [0.717, 1.165) is 11.3 Å². The molecule has 0 spiro atoms. The van der Waals surface area contributed by atoms with Crippen LogP contribution in [-0.4, -0.2) is 14.0 Å². The molecule has 2 rings (SSSR count). The maximum absolute atomic E-state index is 12.2. The molecule has 1 amide bonds. The Bertz CT molecular complexity index is 690. The van der Waals surface area contributed by atoms with Gasteiger partial charge in [0.2, 0.25) is 0 Å². The maximum atomic E-state index is 12.2. The maximum Gasteiger partial charge on any atom is 0.255 e. The van der Waals surface area contributed by atoms with Gasteiger partial charge in [0.1, 0.15) is 8.07 Å². The van der Waals surface area contributed by atoms with Gasteiger partial charge in [0.15, 0.2) is 0 Å². The second-order valence-electron chi connectivity index (χ2n) is 5.87. The third kappa shape index (κ3) is 4.62. The molecule has 0 fully saturated rings. The number of carbonyl (C=O) groups is 1. The summed E-state index contributed by atoms with van der Waals surface area (Å²) in [4.78, 5) is 12.2. The van der Waals surface area contributed by atoms with Crippen LogP contribution in [0.2, 0.25) is 19.6 Å². The number of amides is 1. The normalized spacial score (nSPS) is 10.4. The van der Waals surface area contributed by atoms with Crippen LogP contribution in [-0.2, 0) is 0 Å². The lowest BCUT2D eigenvalue weighted by Gasteiger charge is -2.08. The topological polar surface area (TPSA) is 29.1 Å². The summed E-state index contributed by atoms with van der Waals surface area (Å²) >= 11 is 0. The average molecular weight is 293 g/mol. The highest BCUT2D eigenvalue weighted by Crippen LogP contribution is 2.15. The summed E-state index contributed by atoms with van der Waals surface area (Å²) in [6.45, 7) is 6.60. The van der Waals surface area contributed by atoms with Gasteiger partial charge in [-0.25, -0.2) is 0 Å². The zero-order valence-corrected chi connectivity index (χ0v) is 13.6. The Labute approximate surface area is 127 Å². The molecule has 0 aliphatic carbocycles. The first-order valence-corrected chi connectivity index (χ1v) is 10.4. The Morgan fingerprint density at radius 1 is 0.952 bits per heavy atom. The number of nitrogens with one attached hydrogen (secondary N) is 1. The standard InChI is InChI=1S/C18H19NOSi/c1-21(2,3)14-13-15-9-7-8-12-17(15)19-18(20)16-10-5-4-6-11-16/h4-12H,1-3H3,(H,19,20). The third-order valence-electron chi connectivity index (χ3n) is 2.78. The van der Waals surface area contributed by atoms with Crippen molar-refractivity contribution in [1.82, 2.24) is 0 Å². The molecule has 0 saturated carbocycles. The molecule has 2 aromatic rings. The van der Waals surface area contributed by atoms with Crippen LogP contribution in [0.1, 0.15) is 15.9 Å². The van der Waals surface area contributed by atoms with E-state index in [9.17, 15) is 4.79 Å². The second-order valence-corrected chi connectivity index (χ2v) is 10.6. The van der Waals surface area contributed by atoms with Crippen molar-refractivity contribution in [2.75, 3.05) is 5.32 Å². The lowest BCUT2D eigenvalue weighted by Crippen LogP contribution is -2.16. The molecule has 106 valence electrons. The number of hydrogen-bond donors (Lipinski definition) is 1. The molecule has 2 nitrogen and oxygen atoms in total. The van der Waals surface area contributed by atoms with Gasteiger partial charge in [-0.2, -0.15) is 0 Å². The predicted molar refractivity (Wildman–Crippen MR) is 91.1 cm³/mol. The predicted octanol–water partition coefficient (Wildman–Crippen LogP) is 4.17. The van der Waals surface area contributed by atoms with E-state index >= 15 is 0 Å². The van der Waals surface area contributed by atoms with E-state index < -0.39 is 8.07 Å². The number of hydrogen-bond acceptors (Lipinski definition) is 1. The van der Waals surface area contributed by atoms with Crippen molar-refractivity contribution in [2.24, 2.45) is 0 Å². The van der Waals surface area contributed by atoms with Crippen molar-refractivity contribution in [2.45, 2.75) is 19.6 Å². The highest BCUT2D eigenvalue weighted by molar-refractivity contribution is 6.83. The van der Waals surface area contributed by atoms with Crippen LogP contribution >= 0.6 is 0 Å². The van der Waals surface area contributed by atoms with Crippen molar-refractivity contribution in [1.29, 1.82) is 0 Å². The Kier molecular flexibility index (Phi) is 4.61. The van der Waals surface area contributed by atoms with Crippen molar-refractivity contribution in [3.05, 3.63) is 65.7 Å². The Morgan fingerprint density at radius 3 is 2.24 bits per heavy atom. The van der Waals surface area contributed by atoms with Gasteiger partial charge in [-0.3, -0.25) is 4.79 Å². The van der Waals surface area contributed by atoms with Crippen LogP contribution in [0.3, 0.4) is 0 Å². The van der Waals surface area contributed by atoms with E-state index in [-0.39, 0.29) is 5.91 Å². The van der Waals surface area contributed by atoms with Gasteiger partial charge in [-0.1, -0.05) is 55.9 Å². The molecule has 0 unspecified atom stereocenters. The van der Waals surface area contributed by atoms with Crippen LogP contribution in [0.15, 0.2) is 54.6 Å². The first-order chi connectivity index (χ1) is 9.96. The Hall–Kier alpha value is -2.31. The second kappa shape index (κ2) is 6.42. The molecular weight excluding hydrogens is 274 g/mol. The van der Waals surface area contributed by atoms with Gasteiger partial charge >= 0.3 is 0 Å². The fraction of sp³-hybridized carbons (Fsp3) is 0.167.